The van der Waals surface area contributed by atoms with Crippen LogP contribution in [0.4, 0.5) is 0 Å². The molecule has 0 aromatic carbocycles. The molecular weight excluding hydrogens is 244 g/mol. The van der Waals surface area contributed by atoms with Crippen molar-refractivity contribution in [2.24, 2.45) is 5.41 Å². The summed E-state index contributed by atoms with van der Waals surface area (Å²) >= 11 is 0. The molecule has 0 aliphatic heterocycles. The third-order valence-electron chi connectivity index (χ3n) is 2.54. The lowest BCUT2D eigenvalue weighted by Gasteiger charge is -2.23. The maximum Gasteiger partial charge on any atom is 0.325 e. The van der Waals surface area contributed by atoms with Crippen LogP contribution in [0.5, 0.6) is 0 Å². The molecule has 4 nitrogen and oxygen atoms in total. The van der Waals surface area contributed by atoms with Gasteiger partial charge in [0.2, 0.25) is 0 Å². The zero-order chi connectivity index (χ0) is 14.7. The SMILES string of the molecule is CCC#CCC(CC#CCC)(C(=O)OC)C(=O)OC. The molecule has 0 unspecified atom stereocenters. The molecule has 4 heteroatoms. The Balaban J connectivity index is 5.43. The fourth-order valence-corrected chi connectivity index (χ4v) is 1.50. The van der Waals surface area contributed by atoms with Crippen LogP contribution in [0.2, 0.25) is 0 Å². The molecule has 0 rings (SSSR count). The van der Waals surface area contributed by atoms with E-state index in [9.17, 15) is 9.59 Å². The molecule has 0 radical (unpaired) electrons. The number of methoxy groups -OCH3 is 2. The Bertz CT molecular complexity index is 387. The van der Waals surface area contributed by atoms with Gasteiger partial charge in [-0.3, -0.25) is 9.59 Å². The number of carbonyl (C=O) groups excluding carboxylic acids is 2. The van der Waals surface area contributed by atoms with E-state index < -0.39 is 17.4 Å². The topological polar surface area (TPSA) is 52.6 Å². The van der Waals surface area contributed by atoms with Crippen LogP contribution in [0.3, 0.4) is 0 Å². The first-order valence-corrected chi connectivity index (χ1v) is 6.17. The van der Waals surface area contributed by atoms with Crippen LogP contribution in [-0.2, 0) is 19.1 Å². The second kappa shape index (κ2) is 9.05. The molecular formula is C15H20O4. The average molecular weight is 264 g/mol. The molecule has 0 bridgehead atoms. The quantitative estimate of drug-likeness (QED) is 0.442. The summed E-state index contributed by atoms with van der Waals surface area (Å²) in [5, 5.41) is 0. The van der Waals surface area contributed by atoms with E-state index in [4.69, 9.17) is 9.47 Å². The van der Waals surface area contributed by atoms with Gasteiger partial charge in [0.25, 0.3) is 0 Å². The summed E-state index contributed by atoms with van der Waals surface area (Å²) in [7, 11) is 2.47. The molecule has 0 aromatic rings. The van der Waals surface area contributed by atoms with E-state index >= 15 is 0 Å². The minimum Gasteiger partial charge on any atom is -0.468 e. The van der Waals surface area contributed by atoms with E-state index in [1.807, 2.05) is 13.8 Å². The molecule has 0 saturated carbocycles. The van der Waals surface area contributed by atoms with Crippen molar-refractivity contribution in [3.8, 4) is 23.7 Å². The van der Waals surface area contributed by atoms with Gasteiger partial charge in [-0.2, -0.15) is 0 Å². The monoisotopic (exact) mass is 264 g/mol. The van der Waals surface area contributed by atoms with Crippen LogP contribution >= 0.6 is 0 Å². The summed E-state index contributed by atoms with van der Waals surface area (Å²) in [5.74, 6) is 9.99. The maximum absolute atomic E-state index is 12.0. The molecule has 0 atom stereocenters. The van der Waals surface area contributed by atoms with Crippen LogP contribution in [0.25, 0.3) is 0 Å². The highest BCUT2D eigenvalue weighted by Crippen LogP contribution is 2.29. The Morgan fingerprint density at radius 3 is 1.47 bits per heavy atom. The predicted molar refractivity (Wildman–Crippen MR) is 71.8 cm³/mol. The van der Waals surface area contributed by atoms with E-state index in [2.05, 4.69) is 23.7 Å². The maximum atomic E-state index is 12.0. The normalized spacial score (nSPS) is 9.47. The minimum atomic E-state index is -1.45. The highest BCUT2D eigenvalue weighted by molar-refractivity contribution is 6.00. The first kappa shape index (κ1) is 17.1. The molecule has 0 aliphatic carbocycles. The van der Waals surface area contributed by atoms with Crippen molar-refractivity contribution < 1.29 is 19.1 Å². The molecule has 0 aliphatic rings. The zero-order valence-corrected chi connectivity index (χ0v) is 12.0. The van der Waals surface area contributed by atoms with Gasteiger partial charge in [0.1, 0.15) is 0 Å². The highest BCUT2D eigenvalue weighted by atomic mass is 16.5. The van der Waals surface area contributed by atoms with Gasteiger partial charge in [-0.25, -0.2) is 0 Å². The molecule has 0 amide bonds. The first-order chi connectivity index (χ1) is 9.08. The summed E-state index contributed by atoms with van der Waals surface area (Å²) in [6.45, 7) is 3.78. The smallest absolute Gasteiger partial charge is 0.325 e. The molecule has 0 saturated heterocycles. The fraction of sp³-hybridized carbons (Fsp3) is 0.600. The van der Waals surface area contributed by atoms with Crippen molar-refractivity contribution in [2.45, 2.75) is 39.5 Å². The second-order valence-electron chi connectivity index (χ2n) is 3.83. The van der Waals surface area contributed by atoms with Crippen molar-refractivity contribution in [2.75, 3.05) is 14.2 Å². The van der Waals surface area contributed by atoms with E-state index in [-0.39, 0.29) is 12.8 Å². The Morgan fingerprint density at radius 2 is 1.21 bits per heavy atom. The molecule has 104 valence electrons. The third-order valence-corrected chi connectivity index (χ3v) is 2.54. The van der Waals surface area contributed by atoms with Gasteiger partial charge < -0.3 is 9.47 Å². The number of rotatable bonds is 4. The van der Waals surface area contributed by atoms with Gasteiger partial charge in [-0.1, -0.05) is 13.8 Å². The van der Waals surface area contributed by atoms with Crippen LogP contribution in [0.15, 0.2) is 0 Å². The van der Waals surface area contributed by atoms with Crippen molar-refractivity contribution >= 4 is 11.9 Å². The molecule has 0 heterocycles. The molecule has 0 fully saturated rings. The van der Waals surface area contributed by atoms with Gasteiger partial charge in [-0.05, 0) is 0 Å². The summed E-state index contributed by atoms with van der Waals surface area (Å²) in [6, 6.07) is 0. The Labute approximate surface area is 114 Å². The van der Waals surface area contributed by atoms with Gasteiger partial charge in [0, 0.05) is 25.7 Å². The Hall–Kier alpha value is -1.94. The molecule has 0 N–H and O–H groups in total. The second-order valence-corrected chi connectivity index (χ2v) is 3.83. The van der Waals surface area contributed by atoms with Crippen LogP contribution in [0, 0.1) is 29.1 Å². The third kappa shape index (κ3) is 4.67. The number of hydrogen-bond acceptors (Lipinski definition) is 4. The fourth-order valence-electron chi connectivity index (χ4n) is 1.50. The van der Waals surface area contributed by atoms with Crippen LogP contribution < -0.4 is 0 Å². The number of hydrogen-bond donors (Lipinski definition) is 0. The average Bonchev–Trinajstić information content (AvgIpc) is 2.44. The molecule has 0 aromatic heterocycles. The molecule has 19 heavy (non-hydrogen) atoms. The summed E-state index contributed by atoms with van der Waals surface area (Å²) < 4.78 is 9.45. The zero-order valence-electron chi connectivity index (χ0n) is 12.0. The number of ether oxygens (including phenoxy) is 2. The first-order valence-electron chi connectivity index (χ1n) is 6.17. The van der Waals surface area contributed by atoms with Crippen molar-refractivity contribution in [3.63, 3.8) is 0 Å². The van der Waals surface area contributed by atoms with Gasteiger partial charge in [0.15, 0.2) is 5.41 Å². The van der Waals surface area contributed by atoms with Gasteiger partial charge >= 0.3 is 11.9 Å². The number of esters is 2. The molecule has 0 spiro atoms. The van der Waals surface area contributed by atoms with Crippen molar-refractivity contribution in [1.82, 2.24) is 0 Å². The highest BCUT2D eigenvalue weighted by Gasteiger charge is 2.47. The standard InChI is InChI=1S/C15H20O4/c1-5-7-9-11-15(13(16)18-3,14(17)19-4)12-10-8-6-2/h5-6,11-12H2,1-4H3. The van der Waals surface area contributed by atoms with E-state index in [0.717, 1.165) is 0 Å². The van der Waals surface area contributed by atoms with Crippen LogP contribution in [0.1, 0.15) is 39.5 Å². The predicted octanol–water partition coefficient (Wildman–Crippen LogP) is 1.93. The van der Waals surface area contributed by atoms with Crippen LogP contribution in [-0.4, -0.2) is 26.2 Å². The Morgan fingerprint density at radius 1 is 0.842 bits per heavy atom. The van der Waals surface area contributed by atoms with E-state index in [0.29, 0.717) is 12.8 Å². The Kier molecular flexibility index (Phi) is 8.13. The lowest BCUT2D eigenvalue weighted by Crippen LogP contribution is -2.40. The summed E-state index contributed by atoms with van der Waals surface area (Å²) in [6.07, 6.45) is 1.41. The van der Waals surface area contributed by atoms with Crippen molar-refractivity contribution in [1.29, 1.82) is 0 Å². The van der Waals surface area contributed by atoms with E-state index in [1.54, 1.807) is 0 Å². The summed E-state index contributed by atoms with van der Waals surface area (Å²) in [5.41, 5.74) is -1.45. The van der Waals surface area contributed by atoms with Gasteiger partial charge in [-0.15, -0.1) is 23.7 Å². The van der Waals surface area contributed by atoms with Gasteiger partial charge in [0.05, 0.1) is 14.2 Å². The lowest BCUT2D eigenvalue weighted by molar-refractivity contribution is -0.168. The van der Waals surface area contributed by atoms with E-state index in [1.165, 1.54) is 14.2 Å². The summed E-state index contributed by atoms with van der Waals surface area (Å²) in [4.78, 5) is 23.9. The lowest BCUT2D eigenvalue weighted by atomic mass is 9.81. The number of carbonyl (C=O) groups is 2. The largest absolute Gasteiger partial charge is 0.468 e. The minimum absolute atomic E-state index is 0.0541. The van der Waals surface area contributed by atoms with Crippen molar-refractivity contribution in [3.05, 3.63) is 0 Å².